The molecule has 0 unspecified atom stereocenters. The molecule has 0 spiro atoms. The Morgan fingerprint density at radius 3 is 2.54 bits per heavy atom. The maximum absolute atomic E-state index is 14.5. The summed E-state index contributed by atoms with van der Waals surface area (Å²) in [7, 11) is 1.39. The number of carbonyl (C=O) groups is 1. The number of halogens is 1. The van der Waals surface area contributed by atoms with Gasteiger partial charge in [-0.15, -0.1) is 0 Å². The number of oxime groups is 1. The number of rotatable bonds is 9. The molecule has 1 amide bonds. The van der Waals surface area contributed by atoms with Crippen molar-refractivity contribution in [3.8, 4) is 22.6 Å². The fourth-order valence-electron chi connectivity index (χ4n) is 4.60. The molecule has 0 saturated heterocycles. The van der Waals surface area contributed by atoms with Crippen LogP contribution in [-0.2, 0) is 17.6 Å². The zero-order valence-electron chi connectivity index (χ0n) is 21.9. The third-order valence-corrected chi connectivity index (χ3v) is 6.43. The Bertz CT molecular complexity index is 1580. The van der Waals surface area contributed by atoms with Crippen molar-refractivity contribution in [2.75, 3.05) is 7.11 Å². The smallest absolute Gasteiger partial charge is 0.261 e. The zero-order valence-corrected chi connectivity index (χ0v) is 21.9. The number of amidine groups is 1. The van der Waals surface area contributed by atoms with Crippen LogP contribution in [0.2, 0.25) is 0 Å². The summed E-state index contributed by atoms with van der Waals surface area (Å²) in [6.07, 6.45) is 2.25. The van der Waals surface area contributed by atoms with E-state index < -0.39 is 5.82 Å². The monoisotopic (exact) mass is 528 g/mol. The molecule has 2 N–H and O–H groups in total. The number of methoxy groups -OCH3 is 1. The van der Waals surface area contributed by atoms with Crippen LogP contribution in [-0.4, -0.2) is 34.1 Å². The van der Waals surface area contributed by atoms with Crippen LogP contribution in [0.1, 0.15) is 41.6 Å². The number of benzene rings is 3. The summed E-state index contributed by atoms with van der Waals surface area (Å²) in [5, 5.41) is 15.0. The van der Waals surface area contributed by atoms with Gasteiger partial charge in [0.2, 0.25) is 6.41 Å². The first kappa shape index (κ1) is 27.3. The van der Waals surface area contributed by atoms with E-state index in [0.29, 0.717) is 41.9 Å². The number of amides is 1. The predicted molar refractivity (Wildman–Crippen MR) is 147 cm³/mol. The molecule has 1 aromatic heterocycles. The Labute approximate surface area is 225 Å². The summed E-state index contributed by atoms with van der Waals surface area (Å²) in [4.78, 5) is 29.4. The summed E-state index contributed by atoms with van der Waals surface area (Å²) >= 11 is 0. The Kier molecular flexibility index (Phi) is 8.50. The molecular weight excluding hydrogens is 499 g/mol. The summed E-state index contributed by atoms with van der Waals surface area (Å²) in [5.74, 6) is 0.0551. The number of hydrogen-bond donors (Lipinski definition) is 2. The van der Waals surface area contributed by atoms with E-state index in [9.17, 15) is 19.2 Å². The van der Waals surface area contributed by atoms with Crippen molar-refractivity contribution in [3.63, 3.8) is 0 Å². The van der Waals surface area contributed by atoms with Crippen molar-refractivity contribution in [1.29, 1.82) is 0 Å². The zero-order chi connectivity index (χ0) is 27.9. The van der Waals surface area contributed by atoms with Crippen molar-refractivity contribution in [3.05, 3.63) is 111 Å². The molecular formula is C30H29FN4O4. The summed E-state index contributed by atoms with van der Waals surface area (Å²) < 4.78 is 20.9. The molecule has 0 fully saturated rings. The Hall–Kier alpha value is -4.79. The lowest BCUT2D eigenvalue weighted by Crippen LogP contribution is -2.28. The Morgan fingerprint density at radius 2 is 1.90 bits per heavy atom. The van der Waals surface area contributed by atoms with Crippen LogP contribution >= 0.6 is 0 Å². The minimum Gasteiger partial charge on any atom is -0.494 e. The highest BCUT2D eigenvalue weighted by Crippen LogP contribution is 2.26. The first-order valence-corrected chi connectivity index (χ1v) is 12.5. The molecule has 9 heteroatoms. The van der Waals surface area contributed by atoms with Gasteiger partial charge < -0.3 is 15.3 Å². The second-order valence-corrected chi connectivity index (χ2v) is 8.92. The number of aryl methyl sites for hydroxylation is 2. The largest absolute Gasteiger partial charge is 0.494 e. The summed E-state index contributed by atoms with van der Waals surface area (Å²) in [5.41, 5.74) is 4.47. The minimum atomic E-state index is -0.561. The number of hydrogen-bond acceptors (Lipinski definition) is 6. The van der Waals surface area contributed by atoms with Crippen molar-refractivity contribution < 1.29 is 19.1 Å². The van der Waals surface area contributed by atoms with Gasteiger partial charge in [0.05, 0.1) is 18.5 Å². The molecule has 0 radical (unpaired) electrons. The molecule has 0 saturated carbocycles. The minimum absolute atomic E-state index is 0.0372. The van der Waals surface area contributed by atoms with Gasteiger partial charge in [0.25, 0.3) is 5.56 Å². The highest BCUT2D eigenvalue weighted by atomic mass is 19.1. The number of nitrogens with one attached hydrogen (secondary N) is 1. The molecule has 39 heavy (non-hydrogen) atoms. The molecule has 4 rings (SSSR count). The highest BCUT2D eigenvalue weighted by molar-refractivity contribution is 6.08. The van der Waals surface area contributed by atoms with E-state index in [0.717, 1.165) is 28.8 Å². The SMILES string of the molecule is CCCc1nc(C)n(-c2ccc(OC)c(F)c2)c(=O)c1Cc1ccc(-c2ccccc2/C(=N/O)NC=O)cc1. The number of carbonyl (C=O) groups excluding carboxylic acids is 1. The van der Waals surface area contributed by atoms with Gasteiger partial charge in [-0.25, -0.2) is 9.37 Å². The average Bonchev–Trinajstić information content (AvgIpc) is 2.94. The van der Waals surface area contributed by atoms with E-state index in [1.54, 1.807) is 25.1 Å². The van der Waals surface area contributed by atoms with Crippen LogP contribution in [0.3, 0.4) is 0 Å². The van der Waals surface area contributed by atoms with Gasteiger partial charge in [-0.1, -0.05) is 67.0 Å². The van der Waals surface area contributed by atoms with Gasteiger partial charge in [-0.2, -0.15) is 0 Å². The molecule has 1 heterocycles. The molecule has 8 nitrogen and oxygen atoms in total. The van der Waals surface area contributed by atoms with Crippen LogP contribution in [0, 0.1) is 12.7 Å². The molecule has 0 bridgehead atoms. The van der Waals surface area contributed by atoms with Gasteiger partial charge in [-0.3, -0.25) is 14.2 Å². The third-order valence-electron chi connectivity index (χ3n) is 6.43. The van der Waals surface area contributed by atoms with Gasteiger partial charge in [-0.05, 0) is 42.2 Å². The highest BCUT2D eigenvalue weighted by Gasteiger charge is 2.18. The number of nitrogens with zero attached hydrogens (tertiary/aromatic N) is 3. The van der Waals surface area contributed by atoms with E-state index in [2.05, 4.69) is 10.5 Å². The second kappa shape index (κ2) is 12.2. The summed E-state index contributed by atoms with van der Waals surface area (Å²) in [6.45, 7) is 3.77. The lowest BCUT2D eigenvalue weighted by Gasteiger charge is -2.16. The molecule has 3 aromatic carbocycles. The average molecular weight is 529 g/mol. The van der Waals surface area contributed by atoms with Gasteiger partial charge in [0, 0.05) is 23.6 Å². The van der Waals surface area contributed by atoms with Crippen molar-refractivity contribution in [2.24, 2.45) is 5.16 Å². The van der Waals surface area contributed by atoms with Gasteiger partial charge in [0.15, 0.2) is 17.4 Å². The molecule has 0 aliphatic rings. The summed E-state index contributed by atoms with van der Waals surface area (Å²) in [6, 6.07) is 19.3. The standard InChI is InChI=1S/C30H29FN4O4/c1-4-7-27-25(30(37)35(19(2)33-27)22-14-15-28(39-3)26(31)17-22)16-20-10-12-21(13-11-20)23-8-5-6-9-24(23)29(34-38)32-18-36/h5-6,8-15,17-18,38H,4,7,16H2,1-3H3,(H,32,34,36). The quantitative estimate of drug-likeness (QED) is 0.107. The molecule has 200 valence electrons. The maximum Gasteiger partial charge on any atom is 0.261 e. The van der Waals surface area contributed by atoms with Crippen molar-refractivity contribution in [2.45, 2.75) is 33.1 Å². The van der Waals surface area contributed by atoms with Crippen LogP contribution in [0.5, 0.6) is 5.75 Å². The topological polar surface area (TPSA) is 106 Å². The normalized spacial score (nSPS) is 11.3. The van der Waals surface area contributed by atoms with Crippen LogP contribution in [0.25, 0.3) is 16.8 Å². The second-order valence-electron chi connectivity index (χ2n) is 8.92. The third kappa shape index (κ3) is 5.72. The van der Waals surface area contributed by atoms with E-state index >= 15 is 0 Å². The van der Waals surface area contributed by atoms with Crippen LogP contribution < -0.4 is 15.6 Å². The fourth-order valence-corrected chi connectivity index (χ4v) is 4.60. The fraction of sp³-hybridized carbons (Fsp3) is 0.200. The van der Waals surface area contributed by atoms with E-state index in [1.807, 2.05) is 43.3 Å². The van der Waals surface area contributed by atoms with Crippen molar-refractivity contribution in [1.82, 2.24) is 14.9 Å². The van der Waals surface area contributed by atoms with Crippen LogP contribution in [0.4, 0.5) is 4.39 Å². The Balaban J connectivity index is 1.73. The Morgan fingerprint density at radius 1 is 1.15 bits per heavy atom. The molecule has 0 aliphatic heterocycles. The molecule has 0 atom stereocenters. The lowest BCUT2D eigenvalue weighted by molar-refractivity contribution is -0.108. The number of ether oxygens (including phenoxy) is 1. The van der Waals surface area contributed by atoms with Gasteiger partial charge >= 0.3 is 0 Å². The molecule has 4 aromatic rings. The lowest BCUT2D eigenvalue weighted by atomic mass is 9.96. The predicted octanol–water partition coefficient (Wildman–Crippen LogP) is 4.78. The number of aromatic nitrogens is 2. The van der Waals surface area contributed by atoms with Crippen molar-refractivity contribution >= 4 is 12.2 Å². The first-order chi connectivity index (χ1) is 18.9. The first-order valence-electron chi connectivity index (χ1n) is 12.5. The van der Waals surface area contributed by atoms with Crippen LogP contribution in [0.15, 0.2) is 76.7 Å². The van der Waals surface area contributed by atoms with Gasteiger partial charge in [0.1, 0.15) is 5.82 Å². The van der Waals surface area contributed by atoms with E-state index in [1.165, 1.54) is 23.8 Å². The van der Waals surface area contributed by atoms with E-state index in [4.69, 9.17) is 9.72 Å². The van der Waals surface area contributed by atoms with E-state index in [-0.39, 0.29) is 17.1 Å². The molecule has 0 aliphatic carbocycles. The maximum atomic E-state index is 14.5.